The van der Waals surface area contributed by atoms with Crippen molar-refractivity contribution in [2.45, 2.75) is 26.2 Å². The maximum Gasteiger partial charge on any atom is 0.307 e. The van der Waals surface area contributed by atoms with E-state index in [1.807, 2.05) is 6.92 Å². The van der Waals surface area contributed by atoms with Crippen LogP contribution in [0.2, 0.25) is 0 Å². The van der Waals surface area contributed by atoms with Crippen LogP contribution < -0.4 is 5.73 Å². The second-order valence-electron chi connectivity index (χ2n) is 4.39. The van der Waals surface area contributed by atoms with Crippen LogP contribution in [0.25, 0.3) is 0 Å². The SMILES string of the molecule is CCCC(C(=O)N(CCOC)CCC(=O)OC)C(N)=S. The van der Waals surface area contributed by atoms with Crippen LogP contribution in [0.1, 0.15) is 26.2 Å². The predicted octanol–water partition coefficient (Wildman–Crippen LogP) is 0.727. The zero-order valence-electron chi connectivity index (χ0n) is 12.4. The first-order valence-corrected chi connectivity index (χ1v) is 7.02. The zero-order valence-corrected chi connectivity index (χ0v) is 13.2. The van der Waals surface area contributed by atoms with E-state index in [0.29, 0.717) is 19.6 Å². The number of thiocarbonyl (C=S) groups is 1. The molecule has 0 bridgehead atoms. The van der Waals surface area contributed by atoms with Gasteiger partial charge in [0.2, 0.25) is 5.91 Å². The second kappa shape index (κ2) is 10.6. The van der Waals surface area contributed by atoms with Gasteiger partial charge in [-0.3, -0.25) is 9.59 Å². The van der Waals surface area contributed by atoms with Gasteiger partial charge in [-0.05, 0) is 6.42 Å². The average molecular weight is 304 g/mol. The van der Waals surface area contributed by atoms with E-state index in [-0.39, 0.29) is 29.8 Å². The molecule has 0 aromatic heterocycles. The van der Waals surface area contributed by atoms with Crippen molar-refractivity contribution in [1.29, 1.82) is 0 Å². The fourth-order valence-corrected chi connectivity index (χ4v) is 1.98. The van der Waals surface area contributed by atoms with Gasteiger partial charge < -0.3 is 20.1 Å². The first kappa shape index (κ1) is 18.8. The third-order valence-electron chi connectivity index (χ3n) is 2.91. The third kappa shape index (κ3) is 6.81. The van der Waals surface area contributed by atoms with Crippen LogP contribution >= 0.6 is 12.2 Å². The molecule has 20 heavy (non-hydrogen) atoms. The largest absolute Gasteiger partial charge is 0.469 e. The lowest BCUT2D eigenvalue weighted by Crippen LogP contribution is -2.43. The summed E-state index contributed by atoms with van der Waals surface area (Å²) in [7, 11) is 2.87. The summed E-state index contributed by atoms with van der Waals surface area (Å²) in [6.45, 7) is 3.03. The lowest BCUT2D eigenvalue weighted by atomic mass is 10.0. The maximum atomic E-state index is 12.4. The summed E-state index contributed by atoms with van der Waals surface area (Å²) in [6.07, 6.45) is 1.56. The number of nitrogens with two attached hydrogens (primary N) is 1. The Hall–Kier alpha value is -1.21. The fraction of sp³-hybridized carbons (Fsp3) is 0.769. The highest BCUT2D eigenvalue weighted by Crippen LogP contribution is 2.12. The first-order valence-electron chi connectivity index (χ1n) is 6.61. The van der Waals surface area contributed by atoms with Crippen molar-refractivity contribution >= 4 is 29.1 Å². The summed E-state index contributed by atoms with van der Waals surface area (Å²) in [5.74, 6) is -0.993. The van der Waals surface area contributed by atoms with Gasteiger partial charge in [0.05, 0.1) is 31.0 Å². The molecular formula is C13H24N2O4S. The smallest absolute Gasteiger partial charge is 0.307 e. The Kier molecular flexibility index (Phi) is 9.92. The Balaban J connectivity index is 4.75. The molecule has 7 heteroatoms. The van der Waals surface area contributed by atoms with Gasteiger partial charge in [-0.2, -0.15) is 0 Å². The molecule has 0 rings (SSSR count). The molecule has 1 amide bonds. The molecule has 116 valence electrons. The Bertz CT molecular complexity index is 336. The maximum absolute atomic E-state index is 12.4. The highest BCUT2D eigenvalue weighted by atomic mass is 32.1. The fourth-order valence-electron chi connectivity index (χ4n) is 1.76. The molecule has 0 fully saturated rings. The summed E-state index contributed by atoms with van der Waals surface area (Å²) >= 11 is 4.96. The highest BCUT2D eigenvalue weighted by Gasteiger charge is 2.26. The van der Waals surface area contributed by atoms with Crippen LogP contribution in [0.5, 0.6) is 0 Å². The summed E-state index contributed by atoms with van der Waals surface area (Å²) < 4.78 is 9.56. The van der Waals surface area contributed by atoms with Gasteiger partial charge in [0.1, 0.15) is 0 Å². The van der Waals surface area contributed by atoms with E-state index in [0.717, 1.165) is 6.42 Å². The van der Waals surface area contributed by atoms with Crippen molar-refractivity contribution < 1.29 is 19.1 Å². The minimum Gasteiger partial charge on any atom is -0.469 e. The number of nitrogens with zero attached hydrogens (tertiary/aromatic N) is 1. The number of amides is 1. The van der Waals surface area contributed by atoms with Gasteiger partial charge in [-0.15, -0.1) is 0 Å². The van der Waals surface area contributed by atoms with Crippen LogP contribution in [0.15, 0.2) is 0 Å². The van der Waals surface area contributed by atoms with Crippen LogP contribution in [0.3, 0.4) is 0 Å². The molecule has 0 spiro atoms. The van der Waals surface area contributed by atoms with Gasteiger partial charge in [-0.25, -0.2) is 0 Å². The van der Waals surface area contributed by atoms with Crippen molar-refractivity contribution in [3.63, 3.8) is 0 Å². The molecular weight excluding hydrogens is 280 g/mol. The van der Waals surface area contributed by atoms with E-state index in [9.17, 15) is 9.59 Å². The molecule has 1 atom stereocenters. The van der Waals surface area contributed by atoms with Crippen LogP contribution in [0.4, 0.5) is 0 Å². The van der Waals surface area contributed by atoms with Crippen molar-refractivity contribution in [3.05, 3.63) is 0 Å². The Morgan fingerprint density at radius 3 is 2.40 bits per heavy atom. The van der Waals surface area contributed by atoms with Crippen molar-refractivity contribution in [2.75, 3.05) is 33.9 Å². The molecule has 0 heterocycles. The number of carbonyl (C=O) groups excluding carboxylic acids is 2. The van der Waals surface area contributed by atoms with Crippen molar-refractivity contribution in [1.82, 2.24) is 4.90 Å². The molecule has 0 saturated heterocycles. The Morgan fingerprint density at radius 1 is 1.30 bits per heavy atom. The standard InChI is InChI=1S/C13H24N2O4S/c1-4-5-10(12(14)20)13(17)15(8-9-18-2)7-6-11(16)19-3/h10H,4-9H2,1-3H3,(H2,14,20). The predicted molar refractivity (Wildman–Crippen MR) is 80.3 cm³/mol. The minimum absolute atomic E-state index is 0.141. The molecule has 6 nitrogen and oxygen atoms in total. The summed E-state index contributed by atoms with van der Waals surface area (Å²) in [6, 6.07) is 0. The highest BCUT2D eigenvalue weighted by molar-refractivity contribution is 7.80. The monoisotopic (exact) mass is 304 g/mol. The lowest BCUT2D eigenvalue weighted by Gasteiger charge is -2.26. The lowest BCUT2D eigenvalue weighted by molar-refractivity contribution is -0.142. The van der Waals surface area contributed by atoms with Gasteiger partial charge in [0.25, 0.3) is 0 Å². The van der Waals surface area contributed by atoms with Gasteiger partial charge in [0.15, 0.2) is 0 Å². The number of hydrogen-bond donors (Lipinski definition) is 1. The van der Waals surface area contributed by atoms with Gasteiger partial charge >= 0.3 is 5.97 Å². The van der Waals surface area contributed by atoms with Crippen LogP contribution in [-0.4, -0.2) is 55.7 Å². The van der Waals surface area contributed by atoms with E-state index >= 15 is 0 Å². The molecule has 0 aliphatic rings. The molecule has 0 radical (unpaired) electrons. The van der Waals surface area contributed by atoms with E-state index in [1.54, 1.807) is 12.0 Å². The zero-order chi connectivity index (χ0) is 15.5. The van der Waals surface area contributed by atoms with E-state index in [2.05, 4.69) is 4.74 Å². The number of hydrogen-bond acceptors (Lipinski definition) is 5. The van der Waals surface area contributed by atoms with Crippen molar-refractivity contribution in [3.8, 4) is 0 Å². The van der Waals surface area contributed by atoms with E-state index in [1.165, 1.54) is 7.11 Å². The minimum atomic E-state index is -0.482. The molecule has 0 aromatic carbocycles. The third-order valence-corrected chi connectivity index (χ3v) is 3.19. The molecule has 2 N–H and O–H groups in total. The van der Waals surface area contributed by atoms with E-state index < -0.39 is 5.92 Å². The van der Waals surface area contributed by atoms with Crippen molar-refractivity contribution in [2.24, 2.45) is 11.7 Å². The van der Waals surface area contributed by atoms with Gasteiger partial charge in [0, 0.05) is 20.2 Å². The number of methoxy groups -OCH3 is 2. The summed E-state index contributed by atoms with van der Waals surface area (Å²) in [5, 5.41) is 0. The molecule has 0 aromatic rings. The molecule has 0 aliphatic carbocycles. The number of ether oxygens (including phenoxy) is 2. The molecule has 0 saturated carbocycles. The number of carbonyl (C=O) groups is 2. The normalized spacial score (nSPS) is 11.8. The summed E-state index contributed by atoms with van der Waals surface area (Å²) in [5.41, 5.74) is 5.63. The molecule has 1 unspecified atom stereocenters. The topological polar surface area (TPSA) is 81.9 Å². The summed E-state index contributed by atoms with van der Waals surface area (Å²) in [4.78, 5) is 25.4. The van der Waals surface area contributed by atoms with Gasteiger partial charge in [-0.1, -0.05) is 25.6 Å². The first-order chi connectivity index (χ1) is 9.47. The molecule has 0 aliphatic heterocycles. The number of esters is 1. The average Bonchev–Trinajstić information content (AvgIpc) is 2.43. The Labute approximate surface area is 125 Å². The van der Waals surface area contributed by atoms with Crippen LogP contribution in [0, 0.1) is 5.92 Å². The number of rotatable bonds is 10. The second-order valence-corrected chi connectivity index (χ2v) is 4.86. The Morgan fingerprint density at radius 2 is 1.95 bits per heavy atom. The quantitative estimate of drug-likeness (QED) is 0.473. The van der Waals surface area contributed by atoms with E-state index in [4.69, 9.17) is 22.7 Å². The van der Waals surface area contributed by atoms with Crippen LogP contribution in [-0.2, 0) is 19.1 Å².